The largest absolute Gasteiger partial charge is 0.490 e. The highest BCUT2D eigenvalue weighted by molar-refractivity contribution is 7.18. The first-order chi connectivity index (χ1) is 22.7. The van der Waals surface area contributed by atoms with Gasteiger partial charge >= 0.3 is 0 Å². The van der Waals surface area contributed by atoms with Gasteiger partial charge in [-0.25, -0.2) is 18.7 Å². The number of carbonyl (C=O) groups excluding carboxylic acids is 1. The Morgan fingerprint density at radius 1 is 1.09 bits per heavy atom. The van der Waals surface area contributed by atoms with E-state index in [1.807, 2.05) is 65.9 Å². The van der Waals surface area contributed by atoms with E-state index < -0.39 is 11.6 Å². The van der Waals surface area contributed by atoms with Gasteiger partial charge in [-0.3, -0.25) is 9.48 Å². The van der Waals surface area contributed by atoms with Crippen molar-refractivity contribution in [1.29, 1.82) is 0 Å². The average molecular weight is 655 g/mol. The summed E-state index contributed by atoms with van der Waals surface area (Å²) in [6.07, 6.45) is 1.31. The SMILES string of the molecule is C=CC(=O)N1CCn2nc(-c3nc(-c4ccc5c(c4)nc(C)n5C)c4ccsc4c3-c3c(F)cc(F)cc3OCCOC)cc2C1C. The number of thiophene rings is 1. The number of nitrogens with zero attached hydrogens (tertiary/aromatic N) is 6. The van der Waals surface area contributed by atoms with Crippen molar-refractivity contribution in [3.05, 3.63) is 83.7 Å². The molecule has 1 amide bonds. The Kier molecular flexibility index (Phi) is 7.85. The third kappa shape index (κ3) is 5.17. The second-order valence-electron chi connectivity index (χ2n) is 11.5. The number of pyridine rings is 1. The molecule has 0 saturated carbocycles. The second-order valence-corrected chi connectivity index (χ2v) is 12.4. The second kappa shape index (κ2) is 12.0. The van der Waals surface area contributed by atoms with E-state index in [9.17, 15) is 9.18 Å². The summed E-state index contributed by atoms with van der Waals surface area (Å²) >= 11 is 1.43. The molecule has 0 radical (unpaired) electrons. The van der Waals surface area contributed by atoms with Crippen LogP contribution < -0.4 is 4.74 Å². The number of hydrogen-bond acceptors (Lipinski definition) is 7. The third-order valence-corrected chi connectivity index (χ3v) is 9.69. The van der Waals surface area contributed by atoms with Crippen LogP contribution in [0.1, 0.15) is 24.5 Å². The number of halogens is 2. The number of imidazole rings is 1. The molecule has 2 aromatic carbocycles. The van der Waals surface area contributed by atoms with Gasteiger partial charge in [0.15, 0.2) is 0 Å². The van der Waals surface area contributed by atoms with Gasteiger partial charge in [0.05, 0.1) is 47.2 Å². The van der Waals surface area contributed by atoms with E-state index in [0.717, 1.165) is 44.3 Å². The van der Waals surface area contributed by atoms with Gasteiger partial charge in [0.2, 0.25) is 5.91 Å². The highest BCUT2D eigenvalue weighted by Crippen LogP contribution is 2.47. The molecule has 1 unspecified atom stereocenters. The number of carbonyl (C=O) groups is 1. The number of rotatable bonds is 8. The fourth-order valence-electron chi connectivity index (χ4n) is 6.31. The van der Waals surface area contributed by atoms with Gasteiger partial charge in [0.25, 0.3) is 0 Å². The van der Waals surface area contributed by atoms with Crippen LogP contribution in [-0.4, -0.2) is 62.0 Å². The fraction of sp³-hybridized carbons (Fsp3) is 0.257. The normalized spacial score (nSPS) is 14.6. The van der Waals surface area contributed by atoms with Crippen LogP contribution in [0.3, 0.4) is 0 Å². The predicted molar refractivity (Wildman–Crippen MR) is 178 cm³/mol. The van der Waals surface area contributed by atoms with Crippen molar-refractivity contribution in [3.63, 3.8) is 0 Å². The number of aryl methyl sites for hydroxylation is 2. The number of ether oxygens (including phenoxy) is 2. The van der Waals surface area contributed by atoms with Crippen LogP contribution >= 0.6 is 11.3 Å². The fourth-order valence-corrected chi connectivity index (χ4v) is 7.26. The van der Waals surface area contributed by atoms with Crippen LogP contribution in [0.2, 0.25) is 0 Å². The number of fused-ring (bicyclic) bond motifs is 3. The summed E-state index contributed by atoms with van der Waals surface area (Å²) in [4.78, 5) is 24.3. The lowest BCUT2D eigenvalue weighted by Gasteiger charge is -2.33. The minimum Gasteiger partial charge on any atom is -0.490 e. The lowest BCUT2D eigenvalue weighted by molar-refractivity contribution is -0.129. The highest BCUT2D eigenvalue weighted by Gasteiger charge is 2.31. The van der Waals surface area contributed by atoms with E-state index in [1.165, 1.54) is 30.6 Å². The Hall–Kier alpha value is -4.94. The topological polar surface area (TPSA) is 87.3 Å². The van der Waals surface area contributed by atoms with Crippen molar-refractivity contribution in [2.45, 2.75) is 26.4 Å². The Morgan fingerprint density at radius 2 is 1.91 bits per heavy atom. The Balaban J connectivity index is 1.50. The molecule has 1 aliphatic heterocycles. The Labute approximate surface area is 273 Å². The summed E-state index contributed by atoms with van der Waals surface area (Å²) < 4.78 is 46.4. The maximum atomic E-state index is 16.1. The summed E-state index contributed by atoms with van der Waals surface area (Å²) in [7, 11) is 3.50. The molecule has 9 nitrogen and oxygen atoms in total. The predicted octanol–water partition coefficient (Wildman–Crippen LogP) is 7.08. The monoisotopic (exact) mass is 654 g/mol. The van der Waals surface area contributed by atoms with E-state index >= 15 is 4.39 Å². The highest BCUT2D eigenvalue weighted by atomic mass is 32.1. The number of methoxy groups -OCH3 is 1. The minimum absolute atomic E-state index is 0.0375. The van der Waals surface area contributed by atoms with Crippen LogP contribution in [0.4, 0.5) is 8.78 Å². The number of amides is 1. The van der Waals surface area contributed by atoms with E-state index in [2.05, 4.69) is 6.58 Å². The van der Waals surface area contributed by atoms with E-state index in [-0.39, 0.29) is 36.5 Å². The van der Waals surface area contributed by atoms with Crippen molar-refractivity contribution in [2.75, 3.05) is 26.9 Å². The third-order valence-electron chi connectivity index (χ3n) is 8.76. The average Bonchev–Trinajstić information content (AvgIpc) is 3.78. The molecule has 6 aromatic rings. The van der Waals surface area contributed by atoms with Gasteiger partial charge in [-0.05, 0) is 49.6 Å². The minimum atomic E-state index is -0.784. The molecule has 0 aliphatic carbocycles. The summed E-state index contributed by atoms with van der Waals surface area (Å²) in [6, 6.07) is 11.6. The van der Waals surface area contributed by atoms with Gasteiger partial charge in [-0.1, -0.05) is 12.6 Å². The van der Waals surface area contributed by atoms with Crippen molar-refractivity contribution >= 4 is 38.4 Å². The molecule has 1 aliphatic rings. The molecule has 0 fully saturated rings. The van der Waals surface area contributed by atoms with Crippen molar-refractivity contribution in [1.82, 2.24) is 29.2 Å². The standard InChI is InChI=1S/C35H32F2N6O3S/c1-6-30(44)42-10-11-43-28(19(42)2)18-26(40-43)34-32(31-24(37)16-22(36)17-29(31)46-13-12-45-5)35-23(9-14-47-35)33(39-34)21-7-8-27-25(15-21)38-20(3)41(27)4/h6-9,14-19H,1,10-13H2,2-5H3. The quantitative estimate of drug-likeness (QED) is 0.129. The first kappa shape index (κ1) is 30.7. The molecule has 0 spiro atoms. The molecular formula is C35H32F2N6O3S. The van der Waals surface area contributed by atoms with E-state index in [1.54, 1.807) is 4.90 Å². The van der Waals surface area contributed by atoms with E-state index in [4.69, 9.17) is 24.5 Å². The number of aromatic nitrogens is 5. The smallest absolute Gasteiger partial charge is 0.246 e. The molecule has 7 rings (SSSR count). The zero-order valence-corrected chi connectivity index (χ0v) is 27.2. The molecule has 5 heterocycles. The van der Waals surface area contributed by atoms with E-state index in [0.29, 0.717) is 35.7 Å². The van der Waals surface area contributed by atoms with Gasteiger partial charge < -0.3 is 18.9 Å². The van der Waals surface area contributed by atoms with Gasteiger partial charge in [0, 0.05) is 54.0 Å². The molecular weight excluding hydrogens is 622 g/mol. The van der Waals surface area contributed by atoms with Gasteiger partial charge in [0.1, 0.15) is 41.2 Å². The molecule has 240 valence electrons. The Morgan fingerprint density at radius 3 is 2.70 bits per heavy atom. The molecule has 12 heteroatoms. The summed E-state index contributed by atoms with van der Waals surface area (Å²) in [5.74, 6) is -0.788. The van der Waals surface area contributed by atoms with Gasteiger partial charge in [-0.2, -0.15) is 5.10 Å². The lowest BCUT2D eigenvalue weighted by Crippen LogP contribution is -2.40. The summed E-state index contributed by atoms with van der Waals surface area (Å²) in [5.41, 5.74) is 5.57. The molecule has 0 bridgehead atoms. The van der Waals surface area contributed by atoms with Crippen molar-refractivity contribution in [3.8, 4) is 39.5 Å². The van der Waals surface area contributed by atoms with Crippen molar-refractivity contribution in [2.24, 2.45) is 7.05 Å². The lowest BCUT2D eigenvalue weighted by atomic mass is 9.96. The Bertz CT molecular complexity index is 2200. The zero-order valence-electron chi connectivity index (χ0n) is 26.4. The first-order valence-electron chi connectivity index (χ1n) is 15.2. The number of benzene rings is 2. The molecule has 0 N–H and O–H groups in total. The van der Waals surface area contributed by atoms with Crippen molar-refractivity contribution < 1.29 is 23.0 Å². The van der Waals surface area contributed by atoms with Crippen LogP contribution in [-0.2, 0) is 23.1 Å². The zero-order chi connectivity index (χ0) is 33.0. The maximum absolute atomic E-state index is 16.1. The summed E-state index contributed by atoms with van der Waals surface area (Å²) in [6.45, 7) is 8.79. The maximum Gasteiger partial charge on any atom is 0.246 e. The first-order valence-corrected chi connectivity index (χ1v) is 16.0. The molecule has 1 atom stereocenters. The van der Waals surface area contributed by atoms with Crippen LogP contribution in [0, 0.1) is 18.6 Å². The van der Waals surface area contributed by atoms with Gasteiger partial charge in [-0.15, -0.1) is 11.3 Å². The molecule has 47 heavy (non-hydrogen) atoms. The van der Waals surface area contributed by atoms with Crippen LogP contribution in [0.5, 0.6) is 5.75 Å². The molecule has 0 saturated heterocycles. The number of hydrogen-bond donors (Lipinski definition) is 0. The summed E-state index contributed by atoms with van der Waals surface area (Å²) in [5, 5.41) is 7.67. The van der Waals surface area contributed by atoms with Crippen LogP contribution in [0.15, 0.2) is 60.5 Å². The molecule has 4 aromatic heterocycles. The van der Waals surface area contributed by atoms with Crippen LogP contribution in [0.25, 0.3) is 54.9 Å².